The standard InChI is InChI=1S/C21H36O4Si/c1-15(2)18(20(23)24)12-10-8-9-11-16-13-17(14-19(16)22)25-26(6,7)21(3,4)5/h8-9,13,15,17-18H,10-12,14H2,1-7H3,(H,23,24)/t17-,18?/m0/s1. The summed E-state index contributed by atoms with van der Waals surface area (Å²) in [5.74, 6) is -0.737. The maximum atomic E-state index is 12.2. The summed E-state index contributed by atoms with van der Waals surface area (Å²) in [6, 6.07) is 0. The minimum absolute atomic E-state index is 0.0934. The van der Waals surface area contributed by atoms with Gasteiger partial charge in [-0.15, -0.1) is 0 Å². The van der Waals surface area contributed by atoms with E-state index < -0.39 is 14.3 Å². The molecular weight excluding hydrogens is 344 g/mol. The summed E-state index contributed by atoms with van der Waals surface area (Å²) in [6.45, 7) is 14.9. The number of carboxylic acid groups (broad SMARTS) is 1. The Kier molecular flexibility index (Phi) is 8.02. The molecule has 4 nitrogen and oxygen atoms in total. The first-order chi connectivity index (χ1) is 11.8. The van der Waals surface area contributed by atoms with Crippen molar-refractivity contribution in [3.8, 4) is 0 Å². The van der Waals surface area contributed by atoms with E-state index >= 15 is 0 Å². The number of hydrogen-bond acceptors (Lipinski definition) is 3. The van der Waals surface area contributed by atoms with Crippen molar-refractivity contribution in [2.75, 3.05) is 0 Å². The van der Waals surface area contributed by atoms with Crippen LogP contribution in [0.15, 0.2) is 23.8 Å². The van der Waals surface area contributed by atoms with Crippen LogP contribution in [0, 0.1) is 11.8 Å². The molecule has 0 heterocycles. The van der Waals surface area contributed by atoms with Gasteiger partial charge in [0.1, 0.15) is 0 Å². The second-order valence-corrected chi connectivity index (χ2v) is 13.9. The fourth-order valence-electron chi connectivity index (χ4n) is 2.85. The fourth-order valence-corrected chi connectivity index (χ4v) is 4.11. The van der Waals surface area contributed by atoms with Gasteiger partial charge in [-0.2, -0.15) is 0 Å². The molecule has 1 aliphatic rings. The Bertz CT molecular complexity index is 567. The monoisotopic (exact) mass is 380 g/mol. The number of hydrogen-bond donors (Lipinski definition) is 1. The first kappa shape index (κ1) is 22.8. The second kappa shape index (κ2) is 9.13. The lowest BCUT2D eigenvalue weighted by Crippen LogP contribution is -2.43. The van der Waals surface area contributed by atoms with Gasteiger partial charge in [-0.1, -0.05) is 46.8 Å². The van der Waals surface area contributed by atoms with E-state index in [1.165, 1.54) is 0 Å². The van der Waals surface area contributed by atoms with Gasteiger partial charge in [-0.3, -0.25) is 9.59 Å². The van der Waals surface area contributed by atoms with Crippen molar-refractivity contribution in [2.24, 2.45) is 11.8 Å². The van der Waals surface area contributed by atoms with Crippen molar-refractivity contribution in [1.82, 2.24) is 0 Å². The van der Waals surface area contributed by atoms with E-state index in [-0.39, 0.29) is 28.8 Å². The van der Waals surface area contributed by atoms with Gasteiger partial charge in [0.2, 0.25) is 0 Å². The Balaban J connectivity index is 2.54. The minimum atomic E-state index is -1.88. The average Bonchev–Trinajstić information content (AvgIpc) is 2.79. The molecule has 1 unspecified atom stereocenters. The topological polar surface area (TPSA) is 63.6 Å². The van der Waals surface area contributed by atoms with Crippen LogP contribution in [0.3, 0.4) is 0 Å². The lowest BCUT2D eigenvalue weighted by molar-refractivity contribution is -0.143. The highest BCUT2D eigenvalue weighted by molar-refractivity contribution is 6.74. The maximum absolute atomic E-state index is 12.2. The average molecular weight is 381 g/mol. The van der Waals surface area contributed by atoms with Gasteiger partial charge < -0.3 is 9.53 Å². The van der Waals surface area contributed by atoms with Gasteiger partial charge in [-0.25, -0.2) is 0 Å². The zero-order valence-corrected chi connectivity index (χ0v) is 18.5. The number of rotatable bonds is 9. The lowest BCUT2D eigenvalue weighted by atomic mass is 9.91. The number of carbonyl (C=O) groups excluding carboxylic acids is 1. The van der Waals surface area contributed by atoms with Crippen LogP contribution in [0.4, 0.5) is 0 Å². The summed E-state index contributed by atoms with van der Waals surface area (Å²) >= 11 is 0. The number of ketones is 1. The van der Waals surface area contributed by atoms with Crippen LogP contribution >= 0.6 is 0 Å². The minimum Gasteiger partial charge on any atom is -0.481 e. The molecule has 0 saturated heterocycles. The van der Waals surface area contributed by atoms with E-state index in [1.54, 1.807) is 0 Å². The molecule has 0 aromatic heterocycles. The van der Waals surface area contributed by atoms with Crippen molar-refractivity contribution in [1.29, 1.82) is 0 Å². The second-order valence-electron chi connectivity index (χ2n) is 9.18. The third-order valence-corrected chi connectivity index (χ3v) is 10.2. The van der Waals surface area contributed by atoms with Crippen LogP contribution in [0.2, 0.25) is 18.1 Å². The first-order valence-corrected chi connectivity index (χ1v) is 12.6. The van der Waals surface area contributed by atoms with E-state index in [0.717, 1.165) is 12.0 Å². The summed E-state index contributed by atoms with van der Waals surface area (Å²) in [6.07, 6.45) is 8.28. The quantitative estimate of drug-likeness (QED) is 0.432. The van der Waals surface area contributed by atoms with Gasteiger partial charge in [-0.05, 0) is 55.0 Å². The predicted molar refractivity (Wildman–Crippen MR) is 109 cm³/mol. The van der Waals surface area contributed by atoms with Crippen molar-refractivity contribution >= 4 is 20.1 Å². The third-order valence-electron chi connectivity index (χ3n) is 5.65. The molecule has 1 aliphatic carbocycles. The molecule has 0 saturated carbocycles. The Morgan fingerprint density at radius 3 is 2.46 bits per heavy atom. The molecule has 0 aliphatic heterocycles. The van der Waals surface area contributed by atoms with Crippen molar-refractivity contribution in [2.45, 2.75) is 84.5 Å². The Hall–Kier alpha value is -1.20. The van der Waals surface area contributed by atoms with Crippen LogP contribution in [0.25, 0.3) is 0 Å². The van der Waals surface area contributed by atoms with Crippen LogP contribution in [0.5, 0.6) is 0 Å². The fraction of sp³-hybridized carbons (Fsp3) is 0.714. The van der Waals surface area contributed by atoms with Gasteiger partial charge >= 0.3 is 5.97 Å². The summed E-state index contributed by atoms with van der Waals surface area (Å²) < 4.78 is 6.33. The summed E-state index contributed by atoms with van der Waals surface area (Å²) in [4.78, 5) is 23.4. The van der Waals surface area contributed by atoms with Crippen LogP contribution in [-0.4, -0.2) is 31.3 Å². The van der Waals surface area contributed by atoms with Crippen molar-refractivity contribution < 1.29 is 19.1 Å². The number of aliphatic carboxylic acids is 1. The molecule has 0 aromatic carbocycles. The van der Waals surface area contributed by atoms with Gasteiger partial charge in [0.05, 0.1) is 12.0 Å². The Morgan fingerprint density at radius 1 is 1.35 bits per heavy atom. The molecule has 0 fully saturated rings. The van der Waals surface area contributed by atoms with Gasteiger partial charge in [0, 0.05) is 6.42 Å². The third kappa shape index (κ3) is 6.51. The SMILES string of the molecule is CC(C)C(CCC=CCC1=C[C@H](O[Si](C)(C)C(C)(C)C)CC1=O)C(=O)O. The molecule has 148 valence electrons. The predicted octanol–water partition coefficient (Wildman–Crippen LogP) is 5.36. The highest BCUT2D eigenvalue weighted by atomic mass is 28.4. The van der Waals surface area contributed by atoms with E-state index in [9.17, 15) is 14.7 Å². The Labute approximate surface area is 159 Å². The van der Waals surface area contributed by atoms with E-state index in [2.05, 4.69) is 33.9 Å². The van der Waals surface area contributed by atoms with E-state index in [0.29, 0.717) is 19.3 Å². The van der Waals surface area contributed by atoms with Crippen molar-refractivity contribution in [3.05, 3.63) is 23.8 Å². The molecule has 0 spiro atoms. The number of carboxylic acids is 1. The largest absolute Gasteiger partial charge is 0.481 e. The van der Waals surface area contributed by atoms with Gasteiger partial charge in [0.25, 0.3) is 0 Å². The molecule has 1 N–H and O–H groups in total. The molecule has 0 radical (unpaired) electrons. The maximum Gasteiger partial charge on any atom is 0.306 e. The zero-order valence-electron chi connectivity index (χ0n) is 17.5. The van der Waals surface area contributed by atoms with Crippen LogP contribution in [0.1, 0.15) is 60.3 Å². The molecular formula is C21H36O4Si. The first-order valence-electron chi connectivity index (χ1n) is 9.64. The molecule has 0 aromatic rings. The Morgan fingerprint density at radius 2 is 1.96 bits per heavy atom. The molecule has 2 atom stereocenters. The molecule has 0 amide bonds. The van der Waals surface area contributed by atoms with Crippen LogP contribution < -0.4 is 0 Å². The van der Waals surface area contributed by atoms with E-state index in [4.69, 9.17) is 4.43 Å². The highest BCUT2D eigenvalue weighted by Gasteiger charge is 2.40. The molecule has 5 heteroatoms. The van der Waals surface area contributed by atoms with Crippen LogP contribution in [-0.2, 0) is 14.0 Å². The van der Waals surface area contributed by atoms with Gasteiger partial charge in [0.15, 0.2) is 14.1 Å². The molecule has 0 bridgehead atoms. The molecule has 26 heavy (non-hydrogen) atoms. The van der Waals surface area contributed by atoms with Crippen molar-refractivity contribution in [3.63, 3.8) is 0 Å². The zero-order chi connectivity index (χ0) is 20.1. The number of carbonyl (C=O) groups is 2. The smallest absolute Gasteiger partial charge is 0.306 e. The number of Topliss-reactive ketones (excluding diaryl/α,β-unsaturated/α-hetero) is 1. The lowest BCUT2D eigenvalue weighted by Gasteiger charge is -2.37. The normalized spacial score (nSPS) is 20.1. The van der Waals surface area contributed by atoms with E-state index in [1.807, 2.05) is 32.1 Å². The molecule has 1 rings (SSSR count). The number of allylic oxidation sites excluding steroid dienone is 3. The summed E-state index contributed by atoms with van der Waals surface area (Å²) in [5, 5.41) is 9.33. The summed E-state index contributed by atoms with van der Waals surface area (Å²) in [5.41, 5.74) is 0.823. The highest BCUT2D eigenvalue weighted by Crippen LogP contribution is 2.38. The summed E-state index contributed by atoms with van der Waals surface area (Å²) in [7, 11) is -1.88.